The number of ether oxygens (including phenoxy) is 1. The van der Waals surface area contributed by atoms with Gasteiger partial charge in [0.05, 0.1) is 7.11 Å². The van der Waals surface area contributed by atoms with Gasteiger partial charge in [0.15, 0.2) is 0 Å². The van der Waals surface area contributed by atoms with Gasteiger partial charge in [-0.15, -0.1) is 11.3 Å². The third kappa shape index (κ3) is 3.75. The molecule has 3 aromatic rings. The molecule has 0 saturated heterocycles. The van der Waals surface area contributed by atoms with Crippen LogP contribution in [0.4, 0.5) is 5.69 Å². The Morgan fingerprint density at radius 1 is 1.08 bits per heavy atom. The van der Waals surface area contributed by atoms with E-state index in [1.165, 1.54) is 11.3 Å². The summed E-state index contributed by atoms with van der Waals surface area (Å²) in [5, 5.41) is 12.0. The second-order valence-electron chi connectivity index (χ2n) is 5.68. The fourth-order valence-corrected chi connectivity index (χ4v) is 3.46. The largest absolute Gasteiger partial charge is 0.497 e. The SMILES string of the molecule is COc1cccc(C(=O)Nc2ccc(C)c(-c3ccc(C(=O)O)s3)c2)c1. The van der Waals surface area contributed by atoms with Crippen molar-refractivity contribution in [3.8, 4) is 16.2 Å². The van der Waals surface area contributed by atoms with Gasteiger partial charge in [-0.1, -0.05) is 12.1 Å². The minimum absolute atomic E-state index is 0.240. The average Bonchev–Trinajstić information content (AvgIpc) is 3.13. The van der Waals surface area contributed by atoms with Gasteiger partial charge in [0.2, 0.25) is 0 Å². The summed E-state index contributed by atoms with van der Waals surface area (Å²) >= 11 is 1.21. The van der Waals surface area contributed by atoms with Crippen molar-refractivity contribution in [1.82, 2.24) is 0 Å². The number of carboxylic acids is 1. The monoisotopic (exact) mass is 367 g/mol. The number of carbonyl (C=O) groups is 2. The average molecular weight is 367 g/mol. The summed E-state index contributed by atoms with van der Waals surface area (Å²) < 4.78 is 5.14. The molecule has 6 heteroatoms. The van der Waals surface area contributed by atoms with E-state index in [0.29, 0.717) is 17.0 Å². The standard InChI is InChI=1S/C20H17NO4S/c1-12-6-7-14(11-16(12)17-8-9-18(26-17)20(23)24)21-19(22)13-4-3-5-15(10-13)25-2/h3-11H,1-2H3,(H,21,22)(H,23,24). The molecule has 1 heterocycles. The van der Waals surface area contributed by atoms with E-state index in [2.05, 4.69) is 5.32 Å². The normalized spacial score (nSPS) is 10.4. The number of aromatic carboxylic acids is 1. The van der Waals surface area contributed by atoms with Crippen LogP contribution in [0.15, 0.2) is 54.6 Å². The maximum absolute atomic E-state index is 12.5. The van der Waals surface area contributed by atoms with Crippen LogP contribution in [0.3, 0.4) is 0 Å². The number of anilines is 1. The lowest BCUT2D eigenvalue weighted by Gasteiger charge is -2.10. The Hall–Kier alpha value is -3.12. The minimum atomic E-state index is -0.943. The van der Waals surface area contributed by atoms with Gasteiger partial charge in [0, 0.05) is 16.1 Å². The first-order valence-electron chi connectivity index (χ1n) is 7.87. The summed E-state index contributed by atoms with van der Waals surface area (Å²) in [6.07, 6.45) is 0. The minimum Gasteiger partial charge on any atom is -0.497 e. The second-order valence-corrected chi connectivity index (χ2v) is 6.77. The molecule has 0 aliphatic rings. The fraction of sp³-hybridized carbons (Fsp3) is 0.100. The summed E-state index contributed by atoms with van der Waals surface area (Å²) in [4.78, 5) is 24.7. The van der Waals surface area contributed by atoms with Crippen LogP contribution in [0.1, 0.15) is 25.6 Å². The van der Waals surface area contributed by atoms with Gasteiger partial charge in [-0.2, -0.15) is 0 Å². The molecule has 2 N–H and O–H groups in total. The summed E-state index contributed by atoms with van der Waals surface area (Å²) in [6.45, 7) is 1.95. The van der Waals surface area contributed by atoms with Crippen LogP contribution in [0.2, 0.25) is 0 Å². The van der Waals surface area contributed by atoms with Gasteiger partial charge in [-0.3, -0.25) is 4.79 Å². The first kappa shape index (κ1) is 17.7. The molecule has 0 aliphatic heterocycles. The Labute approximate surface area is 154 Å². The quantitative estimate of drug-likeness (QED) is 0.686. The van der Waals surface area contributed by atoms with Crippen molar-refractivity contribution in [2.75, 3.05) is 12.4 Å². The van der Waals surface area contributed by atoms with Crippen LogP contribution in [-0.4, -0.2) is 24.1 Å². The van der Waals surface area contributed by atoms with Gasteiger partial charge in [0.25, 0.3) is 5.91 Å². The highest BCUT2D eigenvalue weighted by molar-refractivity contribution is 7.17. The van der Waals surface area contributed by atoms with E-state index in [-0.39, 0.29) is 10.8 Å². The Kier molecular flexibility index (Phi) is 5.04. The van der Waals surface area contributed by atoms with Crippen LogP contribution in [-0.2, 0) is 0 Å². The van der Waals surface area contributed by atoms with Crippen LogP contribution in [0.5, 0.6) is 5.75 Å². The number of carbonyl (C=O) groups excluding carboxylic acids is 1. The van der Waals surface area contributed by atoms with Crippen molar-refractivity contribution in [3.05, 3.63) is 70.6 Å². The summed E-state index contributed by atoms with van der Waals surface area (Å²) in [5.41, 5.74) is 3.04. The summed E-state index contributed by atoms with van der Waals surface area (Å²) in [5.74, 6) is -0.570. The number of methoxy groups -OCH3 is 1. The van der Waals surface area contributed by atoms with E-state index in [0.717, 1.165) is 16.0 Å². The molecular formula is C20H17NO4S. The zero-order valence-electron chi connectivity index (χ0n) is 14.3. The van der Waals surface area contributed by atoms with Crippen LogP contribution < -0.4 is 10.1 Å². The predicted octanol–water partition coefficient (Wildman–Crippen LogP) is 4.68. The third-order valence-electron chi connectivity index (χ3n) is 3.91. The molecule has 0 atom stereocenters. The lowest BCUT2D eigenvalue weighted by molar-refractivity contribution is 0.0702. The second kappa shape index (κ2) is 7.41. The lowest BCUT2D eigenvalue weighted by atomic mass is 10.1. The van der Waals surface area contributed by atoms with Gasteiger partial charge < -0.3 is 15.2 Å². The number of carboxylic acid groups (broad SMARTS) is 1. The van der Waals surface area contributed by atoms with E-state index < -0.39 is 5.97 Å². The molecule has 0 bridgehead atoms. The Morgan fingerprint density at radius 2 is 1.88 bits per heavy atom. The third-order valence-corrected chi connectivity index (χ3v) is 5.02. The maximum atomic E-state index is 12.5. The highest BCUT2D eigenvalue weighted by atomic mass is 32.1. The molecule has 0 unspecified atom stereocenters. The maximum Gasteiger partial charge on any atom is 0.345 e. The molecular weight excluding hydrogens is 350 g/mol. The summed E-state index contributed by atoms with van der Waals surface area (Å²) in [7, 11) is 1.55. The topological polar surface area (TPSA) is 75.6 Å². The number of amides is 1. The number of benzene rings is 2. The number of hydrogen-bond acceptors (Lipinski definition) is 4. The zero-order valence-corrected chi connectivity index (χ0v) is 15.1. The summed E-state index contributed by atoms with van der Waals surface area (Å²) in [6, 6.07) is 15.9. The molecule has 0 spiro atoms. The molecule has 0 saturated carbocycles. The van der Waals surface area contributed by atoms with Crippen LogP contribution >= 0.6 is 11.3 Å². The van der Waals surface area contributed by atoms with Gasteiger partial charge >= 0.3 is 5.97 Å². The number of aryl methyl sites for hydroxylation is 1. The highest BCUT2D eigenvalue weighted by Crippen LogP contribution is 2.32. The zero-order chi connectivity index (χ0) is 18.7. The van der Waals surface area contributed by atoms with Gasteiger partial charge in [0.1, 0.15) is 10.6 Å². The molecule has 3 rings (SSSR count). The molecule has 0 radical (unpaired) electrons. The number of hydrogen-bond donors (Lipinski definition) is 2. The van der Waals surface area contributed by atoms with Crippen molar-refractivity contribution >= 4 is 28.9 Å². The van der Waals surface area contributed by atoms with E-state index in [1.807, 2.05) is 25.1 Å². The Morgan fingerprint density at radius 3 is 2.58 bits per heavy atom. The van der Waals surface area contributed by atoms with Crippen LogP contribution in [0, 0.1) is 6.92 Å². The fourth-order valence-electron chi connectivity index (χ4n) is 2.53. The van der Waals surface area contributed by atoms with Crippen molar-refractivity contribution < 1.29 is 19.4 Å². The first-order chi connectivity index (χ1) is 12.5. The van der Waals surface area contributed by atoms with E-state index in [4.69, 9.17) is 9.84 Å². The molecule has 5 nitrogen and oxygen atoms in total. The van der Waals surface area contributed by atoms with Crippen molar-refractivity contribution in [1.29, 1.82) is 0 Å². The molecule has 26 heavy (non-hydrogen) atoms. The molecule has 1 aromatic heterocycles. The molecule has 2 aromatic carbocycles. The van der Waals surface area contributed by atoms with E-state index in [9.17, 15) is 9.59 Å². The molecule has 132 valence electrons. The number of rotatable bonds is 5. The first-order valence-corrected chi connectivity index (χ1v) is 8.69. The van der Waals surface area contributed by atoms with E-state index in [1.54, 1.807) is 43.5 Å². The smallest absolute Gasteiger partial charge is 0.345 e. The van der Waals surface area contributed by atoms with Crippen molar-refractivity contribution in [2.45, 2.75) is 6.92 Å². The lowest BCUT2D eigenvalue weighted by Crippen LogP contribution is -2.12. The Balaban J connectivity index is 1.87. The van der Waals surface area contributed by atoms with Gasteiger partial charge in [-0.05, 0) is 60.5 Å². The predicted molar refractivity (Wildman–Crippen MR) is 102 cm³/mol. The molecule has 0 fully saturated rings. The van der Waals surface area contributed by atoms with Crippen molar-refractivity contribution in [3.63, 3.8) is 0 Å². The highest BCUT2D eigenvalue weighted by Gasteiger charge is 2.12. The molecule has 1 amide bonds. The number of thiophene rings is 1. The van der Waals surface area contributed by atoms with E-state index >= 15 is 0 Å². The number of nitrogens with one attached hydrogen (secondary N) is 1. The van der Waals surface area contributed by atoms with Crippen LogP contribution in [0.25, 0.3) is 10.4 Å². The Bertz CT molecular complexity index is 977. The molecule has 0 aliphatic carbocycles. The van der Waals surface area contributed by atoms with Gasteiger partial charge in [-0.25, -0.2) is 4.79 Å². The van der Waals surface area contributed by atoms with Crippen molar-refractivity contribution in [2.24, 2.45) is 0 Å².